The Balaban J connectivity index is 1.61. The Morgan fingerprint density at radius 1 is 0.917 bits per heavy atom. The second kappa shape index (κ2) is 5.16. The third-order valence-electron chi connectivity index (χ3n) is 4.85. The summed E-state index contributed by atoms with van der Waals surface area (Å²) in [4.78, 5) is 8.64. The largest absolute Gasteiger partial charge is 0.494 e. The molecule has 6 heteroatoms. The molecule has 3 heterocycles. The Morgan fingerprint density at radius 2 is 1.58 bits per heavy atom. The van der Waals surface area contributed by atoms with Gasteiger partial charge < -0.3 is 13.7 Å². The van der Waals surface area contributed by atoms with E-state index in [-0.39, 0.29) is 18.3 Å². The number of aromatic nitrogens is 2. The van der Waals surface area contributed by atoms with Gasteiger partial charge in [0.25, 0.3) is 0 Å². The van der Waals surface area contributed by atoms with Crippen LogP contribution >= 0.6 is 0 Å². The smallest absolute Gasteiger partial charge is 0.418 e. The molecule has 0 N–H and O–H groups in total. The molecule has 0 amide bonds. The van der Waals surface area contributed by atoms with Crippen molar-refractivity contribution in [2.24, 2.45) is 0 Å². The van der Waals surface area contributed by atoms with Crippen molar-refractivity contribution in [2.75, 3.05) is 0 Å². The molecule has 1 aliphatic heterocycles. The van der Waals surface area contributed by atoms with Crippen LogP contribution in [0.1, 0.15) is 27.7 Å². The minimum Gasteiger partial charge on any atom is -0.418 e. The van der Waals surface area contributed by atoms with E-state index in [9.17, 15) is 0 Å². The summed E-state index contributed by atoms with van der Waals surface area (Å²) in [6.45, 7) is 8.19. The molecule has 1 aromatic carbocycles. The molecule has 24 heavy (non-hydrogen) atoms. The lowest BCUT2D eigenvalue weighted by atomic mass is 9.79. The zero-order valence-corrected chi connectivity index (χ0v) is 14.2. The van der Waals surface area contributed by atoms with E-state index < -0.39 is 0 Å². The number of oxazole rings is 1. The van der Waals surface area contributed by atoms with E-state index in [1.165, 1.54) is 0 Å². The number of pyridine rings is 1. The van der Waals surface area contributed by atoms with Crippen molar-refractivity contribution >= 4 is 23.8 Å². The van der Waals surface area contributed by atoms with E-state index in [1.807, 2.05) is 64.1 Å². The predicted molar refractivity (Wildman–Crippen MR) is 93.0 cm³/mol. The highest BCUT2D eigenvalue weighted by molar-refractivity contribution is 6.62. The maximum Gasteiger partial charge on any atom is 0.494 e. The molecule has 0 bridgehead atoms. The molecule has 1 aliphatic rings. The van der Waals surface area contributed by atoms with Gasteiger partial charge in [-0.1, -0.05) is 12.1 Å². The maximum absolute atomic E-state index is 6.07. The second-order valence-corrected chi connectivity index (χ2v) is 7.06. The van der Waals surface area contributed by atoms with Crippen LogP contribution in [0.3, 0.4) is 0 Å². The first-order valence-corrected chi connectivity index (χ1v) is 8.03. The van der Waals surface area contributed by atoms with Crippen LogP contribution in [-0.2, 0) is 9.31 Å². The van der Waals surface area contributed by atoms with E-state index in [0.717, 1.165) is 16.5 Å². The fraction of sp³-hybridized carbons (Fsp3) is 0.333. The van der Waals surface area contributed by atoms with Crippen molar-refractivity contribution in [3.8, 4) is 11.5 Å². The van der Waals surface area contributed by atoms with Crippen LogP contribution in [0.2, 0.25) is 0 Å². The standard InChI is InChI=1S/C18H19BN2O3/c1-17(2)18(3,4)24-19(23-17)13-9-7-12(8-10-13)15-21-14-6-5-11-20-16(14)22-15/h5-11H,1-4H3. The predicted octanol–water partition coefficient (Wildman–Crippen LogP) is 3.19. The minimum atomic E-state index is -0.366. The minimum absolute atomic E-state index is 0.345. The molecule has 1 fully saturated rings. The zero-order valence-electron chi connectivity index (χ0n) is 14.2. The summed E-state index contributed by atoms with van der Waals surface area (Å²) >= 11 is 0. The Kier molecular flexibility index (Phi) is 3.30. The molecule has 0 spiro atoms. The Morgan fingerprint density at radius 3 is 2.21 bits per heavy atom. The number of rotatable bonds is 2. The van der Waals surface area contributed by atoms with Crippen LogP contribution in [0.4, 0.5) is 0 Å². The van der Waals surface area contributed by atoms with Crippen molar-refractivity contribution in [3.05, 3.63) is 42.6 Å². The summed E-state index contributed by atoms with van der Waals surface area (Å²) in [5.41, 5.74) is 2.48. The molecular weight excluding hydrogens is 303 g/mol. The van der Waals surface area contributed by atoms with Gasteiger partial charge >= 0.3 is 7.12 Å². The van der Waals surface area contributed by atoms with Gasteiger partial charge in [-0.05, 0) is 57.4 Å². The van der Waals surface area contributed by atoms with Gasteiger partial charge in [-0.2, -0.15) is 0 Å². The Bertz CT molecular complexity index is 838. The van der Waals surface area contributed by atoms with Crippen LogP contribution in [0, 0.1) is 0 Å². The molecule has 2 aromatic heterocycles. The van der Waals surface area contributed by atoms with Gasteiger partial charge in [0.1, 0.15) is 5.52 Å². The van der Waals surface area contributed by atoms with Crippen LogP contribution in [0.5, 0.6) is 0 Å². The first kappa shape index (κ1) is 15.4. The monoisotopic (exact) mass is 322 g/mol. The fourth-order valence-corrected chi connectivity index (χ4v) is 2.66. The van der Waals surface area contributed by atoms with Gasteiger partial charge in [0.2, 0.25) is 11.6 Å². The summed E-state index contributed by atoms with van der Waals surface area (Å²) in [5.74, 6) is 0.559. The van der Waals surface area contributed by atoms with E-state index in [0.29, 0.717) is 11.6 Å². The molecule has 1 saturated heterocycles. The SMILES string of the molecule is CC1(C)OB(c2ccc(-c3nc4cccnc4o3)cc2)OC1(C)C. The van der Waals surface area contributed by atoms with Crippen LogP contribution in [0.15, 0.2) is 47.0 Å². The van der Waals surface area contributed by atoms with Crippen molar-refractivity contribution in [1.82, 2.24) is 9.97 Å². The van der Waals surface area contributed by atoms with Crippen LogP contribution in [-0.4, -0.2) is 28.3 Å². The third-order valence-corrected chi connectivity index (χ3v) is 4.85. The molecule has 0 saturated carbocycles. The number of hydrogen-bond donors (Lipinski definition) is 0. The van der Waals surface area contributed by atoms with Crippen LogP contribution in [0.25, 0.3) is 22.7 Å². The summed E-state index contributed by atoms with van der Waals surface area (Å²) in [6.07, 6.45) is 1.69. The van der Waals surface area contributed by atoms with Gasteiger partial charge in [-0.3, -0.25) is 0 Å². The summed E-state index contributed by atoms with van der Waals surface area (Å²) < 4.78 is 17.8. The molecule has 5 nitrogen and oxygen atoms in total. The van der Waals surface area contributed by atoms with Crippen molar-refractivity contribution in [3.63, 3.8) is 0 Å². The lowest BCUT2D eigenvalue weighted by molar-refractivity contribution is 0.00578. The van der Waals surface area contributed by atoms with Crippen molar-refractivity contribution in [2.45, 2.75) is 38.9 Å². The van der Waals surface area contributed by atoms with Gasteiger partial charge in [-0.25, -0.2) is 9.97 Å². The number of hydrogen-bond acceptors (Lipinski definition) is 5. The van der Waals surface area contributed by atoms with E-state index >= 15 is 0 Å². The molecule has 4 rings (SSSR count). The highest BCUT2D eigenvalue weighted by atomic mass is 16.7. The van der Waals surface area contributed by atoms with Crippen molar-refractivity contribution in [1.29, 1.82) is 0 Å². The third kappa shape index (κ3) is 2.42. The molecule has 0 aliphatic carbocycles. The molecular formula is C18H19BN2O3. The normalized spacial score (nSPS) is 19.1. The lowest BCUT2D eigenvalue weighted by Crippen LogP contribution is -2.41. The molecule has 0 radical (unpaired) electrons. The molecule has 0 atom stereocenters. The average Bonchev–Trinajstić information content (AvgIpc) is 3.06. The average molecular weight is 322 g/mol. The Hall–Kier alpha value is -2.18. The van der Waals surface area contributed by atoms with Gasteiger partial charge in [0, 0.05) is 11.8 Å². The summed E-state index contributed by atoms with van der Waals surface area (Å²) in [5, 5.41) is 0. The highest BCUT2D eigenvalue weighted by Crippen LogP contribution is 2.36. The van der Waals surface area contributed by atoms with Gasteiger partial charge in [0.15, 0.2) is 0 Å². The Labute approximate surface area is 141 Å². The van der Waals surface area contributed by atoms with Gasteiger partial charge in [0.05, 0.1) is 11.2 Å². The van der Waals surface area contributed by atoms with E-state index in [4.69, 9.17) is 13.7 Å². The molecule has 3 aromatic rings. The summed E-state index contributed by atoms with van der Waals surface area (Å²) in [6, 6.07) is 11.6. The quantitative estimate of drug-likeness (QED) is 0.678. The van der Waals surface area contributed by atoms with Crippen molar-refractivity contribution < 1.29 is 13.7 Å². The van der Waals surface area contributed by atoms with E-state index in [2.05, 4.69) is 9.97 Å². The first-order valence-electron chi connectivity index (χ1n) is 8.03. The summed E-state index contributed by atoms with van der Waals surface area (Å²) in [7, 11) is -0.366. The van der Waals surface area contributed by atoms with Crippen LogP contribution < -0.4 is 5.46 Å². The zero-order chi connectivity index (χ0) is 16.9. The highest BCUT2D eigenvalue weighted by Gasteiger charge is 2.51. The first-order chi connectivity index (χ1) is 11.4. The maximum atomic E-state index is 6.07. The second-order valence-electron chi connectivity index (χ2n) is 7.06. The molecule has 0 unspecified atom stereocenters. The topological polar surface area (TPSA) is 57.4 Å². The van der Waals surface area contributed by atoms with Gasteiger partial charge in [-0.15, -0.1) is 0 Å². The molecule has 122 valence electrons. The number of fused-ring (bicyclic) bond motifs is 1. The number of nitrogens with zero attached hydrogens (tertiary/aromatic N) is 2. The lowest BCUT2D eigenvalue weighted by Gasteiger charge is -2.32. The fourth-order valence-electron chi connectivity index (χ4n) is 2.66. The number of benzene rings is 1. The van der Waals surface area contributed by atoms with E-state index in [1.54, 1.807) is 6.20 Å².